The molecule has 0 saturated heterocycles. The van der Waals surface area contributed by atoms with Crippen LogP contribution in [0.5, 0.6) is 0 Å². The summed E-state index contributed by atoms with van der Waals surface area (Å²) in [5, 5.41) is 3.68. The van der Waals surface area contributed by atoms with E-state index in [1.807, 2.05) is 0 Å². The summed E-state index contributed by atoms with van der Waals surface area (Å²) < 4.78 is 0. The maximum Gasteiger partial charge on any atom is 0.253 e. The molecule has 1 fully saturated rings. The molecule has 0 aliphatic heterocycles. The zero-order chi connectivity index (χ0) is 14.0. The number of halogens is 2. The summed E-state index contributed by atoms with van der Waals surface area (Å²) in [6.07, 6.45) is 4.77. The summed E-state index contributed by atoms with van der Waals surface area (Å²) >= 11 is 11.8. The molecule has 104 valence electrons. The molecule has 19 heavy (non-hydrogen) atoms. The number of carbonyl (C=O) groups is 1. The van der Waals surface area contributed by atoms with Gasteiger partial charge in [0.25, 0.3) is 5.91 Å². The Morgan fingerprint density at radius 2 is 2.21 bits per heavy atom. The van der Waals surface area contributed by atoms with Crippen molar-refractivity contribution in [3.05, 3.63) is 28.0 Å². The molecule has 3 unspecified atom stereocenters. The van der Waals surface area contributed by atoms with Crippen LogP contribution in [0.15, 0.2) is 12.3 Å². The molecule has 1 heterocycles. The van der Waals surface area contributed by atoms with Gasteiger partial charge >= 0.3 is 0 Å². The fourth-order valence-corrected chi connectivity index (χ4v) is 3.21. The van der Waals surface area contributed by atoms with Gasteiger partial charge in [-0.05, 0) is 30.7 Å². The molecular weight excluding hydrogens is 283 g/mol. The van der Waals surface area contributed by atoms with Crippen LogP contribution in [0, 0.1) is 11.8 Å². The van der Waals surface area contributed by atoms with Crippen molar-refractivity contribution in [3.63, 3.8) is 0 Å². The largest absolute Gasteiger partial charge is 0.349 e. The molecule has 1 saturated carbocycles. The van der Waals surface area contributed by atoms with E-state index in [9.17, 15) is 4.79 Å². The average Bonchev–Trinajstić information content (AvgIpc) is 2.73. The van der Waals surface area contributed by atoms with E-state index >= 15 is 0 Å². The minimum atomic E-state index is -0.164. The van der Waals surface area contributed by atoms with Crippen LogP contribution in [0.1, 0.15) is 43.5 Å². The van der Waals surface area contributed by atoms with E-state index in [2.05, 4.69) is 24.1 Å². The highest BCUT2D eigenvalue weighted by Crippen LogP contribution is 2.34. The molecule has 0 spiro atoms. The highest BCUT2D eigenvalue weighted by atomic mass is 35.5. The van der Waals surface area contributed by atoms with Gasteiger partial charge in [0, 0.05) is 12.2 Å². The summed E-state index contributed by atoms with van der Waals surface area (Å²) in [4.78, 5) is 16.1. The van der Waals surface area contributed by atoms with Crippen LogP contribution in [-0.4, -0.2) is 16.9 Å². The molecule has 0 bridgehead atoms. The summed E-state index contributed by atoms with van der Waals surface area (Å²) in [6.45, 7) is 4.40. The van der Waals surface area contributed by atoms with Crippen LogP contribution in [0.3, 0.4) is 0 Å². The molecule has 0 radical (unpaired) electrons. The van der Waals surface area contributed by atoms with Crippen molar-refractivity contribution in [2.45, 2.75) is 39.2 Å². The number of hydrogen-bond acceptors (Lipinski definition) is 2. The topological polar surface area (TPSA) is 42.0 Å². The van der Waals surface area contributed by atoms with E-state index in [1.54, 1.807) is 0 Å². The van der Waals surface area contributed by atoms with Crippen molar-refractivity contribution >= 4 is 29.1 Å². The van der Waals surface area contributed by atoms with E-state index < -0.39 is 0 Å². The van der Waals surface area contributed by atoms with E-state index in [-0.39, 0.29) is 17.1 Å². The predicted octanol–water partition coefficient (Wildman–Crippen LogP) is 3.94. The van der Waals surface area contributed by atoms with E-state index in [1.165, 1.54) is 18.7 Å². The third-order valence-corrected chi connectivity index (χ3v) is 4.64. The van der Waals surface area contributed by atoms with Crippen LogP contribution in [0.2, 0.25) is 10.2 Å². The van der Waals surface area contributed by atoms with Gasteiger partial charge in [-0.3, -0.25) is 4.79 Å². The monoisotopic (exact) mass is 300 g/mol. The van der Waals surface area contributed by atoms with Crippen molar-refractivity contribution in [2.75, 3.05) is 0 Å². The molecule has 3 atom stereocenters. The second-order valence-corrected chi connectivity index (χ2v) is 5.97. The first kappa shape index (κ1) is 14.6. The third kappa shape index (κ3) is 3.21. The summed E-state index contributed by atoms with van der Waals surface area (Å²) in [5.74, 6) is 1.04. The minimum Gasteiger partial charge on any atom is -0.349 e. The lowest BCUT2D eigenvalue weighted by Crippen LogP contribution is -2.37. The second kappa shape index (κ2) is 6.10. The number of pyridine rings is 1. The first-order valence-electron chi connectivity index (χ1n) is 6.64. The highest BCUT2D eigenvalue weighted by molar-refractivity contribution is 6.35. The Kier molecular flexibility index (Phi) is 4.69. The molecule has 1 amide bonds. The predicted molar refractivity (Wildman–Crippen MR) is 77.7 cm³/mol. The molecule has 1 aliphatic carbocycles. The number of nitrogens with one attached hydrogen (secondary N) is 1. The lowest BCUT2D eigenvalue weighted by molar-refractivity contribution is 0.0926. The van der Waals surface area contributed by atoms with Gasteiger partial charge in [0.2, 0.25) is 0 Å². The Morgan fingerprint density at radius 1 is 1.47 bits per heavy atom. The first-order chi connectivity index (χ1) is 9.02. The normalized spacial score (nSPS) is 26.4. The van der Waals surface area contributed by atoms with Crippen LogP contribution in [-0.2, 0) is 0 Å². The van der Waals surface area contributed by atoms with Gasteiger partial charge in [0.15, 0.2) is 0 Å². The van der Waals surface area contributed by atoms with Crippen molar-refractivity contribution in [3.8, 4) is 0 Å². The fourth-order valence-electron chi connectivity index (χ4n) is 2.86. The zero-order valence-corrected chi connectivity index (χ0v) is 12.6. The Hall–Kier alpha value is -0.800. The van der Waals surface area contributed by atoms with Crippen LogP contribution < -0.4 is 5.32 Å². The molecule has 1 aromatic rings. The number of rotatable bonds is 3. The van der Waals surface area contributed by atoms with E-state index in [4.69, 9.17) is 23.2 Å². The standard InChI is InChI=1S/C14H18Cl2N2O/c1-3-9-4-5-12(8(9)2)18-14(19)10-6-13(16)17-7-11(10)15/h6-9,12H,3-5H2,1-2H3,(H,18,19). The minimum absolute atomic E-state index is 0.164. The van der Waals surface area contributed by atoms with Gasteiger partial charge in [-0.15, -0.1) is 0 Å². The molecule has 1 aliphatic rings. The summed E-state index contributed by atoms with van der Waals surface area (Å²) in [7, 11) is 0. The molecular formula is C14H18Cl2N2O. The number of aromatic nitrogens is 1. The maximum atomic E-state index is 12.2. The van der Waals surface area contributed by atoms with Crippen molar-refractivity contribution in [1.82, 2.24) is 10.3 Å². The van der Waals surface area contributed by atoms with Crippen molar-refractivity contribution in [1.29, 1.82) is 0 Å². The zero-order valence-electron chi connectivity index (χ0n) is 11.1. The van der Waals surface area contributed by atoms with Gasteiger partial charge in [0.1, 0.15) is 5.15 Å². The number of nitrogens with zero attached hydrogens (tertiary/aromatic N) is 1. The molecule has 3 nitrogen and oxygen atoms in total. The fraction of sp³-hybridized carbons (Fsp3) is 0.571. The highest BCUT2D eigenvalue weighted by Gasteiger charge is 2.32. The van der Waals surface area contributed by atoms with Gasteiger partial charge in [0.05, 0.1) is 10.6 Å². The molecule has 5 heteroatoms. The summed E-state index contributed by atoms with van der Waals surface area (Å²) in [6, 6.07) is 1.73. The first-order valence-corrected chi connectivity index (χ1v) is 7.40. The van der Waals surface area contributed by atoms with E-state index in [0.717, 1.165) is 12.8 Å². The third-order valence-electron chi connectivity index (χ3n) is 4.13. The SMILES string of the molecule is CCC1CCC(NC(=O)c2cc(Cl)ncc2Cl)C1C. The van der Waals surface area contributed by atoms with Crippen LogP contribution in [0.25, 0.3) is 0 Å². The van der Waals surface area contributed by atoms with Gasteiger partial charge in [-0.25, -0.2) is 4.98 Å². The maximum absolute atomic E-state index is 12.2. The molecule has 1 aromatic heterocycles. The quantitative estimate of drug-likeness (QED) is 0.859. The smallest absolute Gasteiger partial charge is 0.253 e. The number of hydrogen-bond donors (Lipinski definition) is 1. The summed E-state index contributed by atoms with van der Waals surface area (Å²) in [5.41, 5.74) is 0.397. The number of carbonyl (C=O) groups excluding carboxylic acids is 1. The van der Waals surface area contributed by atoms with Gasteiger partial charge in [-0.1, -0.05) is 43.5 Å². The van der Waals surface area contributed by atoms with Crippen LogP contribution in [0.4, 0.5) is 0 Å². The Bertz CT molecular complexity index is 479. The second-order valence-electron chi connectivity index (χ2n) is 5.17. The number of amides is 1. The van der Waals surface area contributed by atoms with Crippen LogP contribution >= 0.6 is 23.2 Å². The van der Waals surface area contributed by atoms with E-state index in [0.29, 0.717) is 22.4 Å². The Morgan fingerprint density at radius 3 is 2.84 bits per heavy atom. The molecule has 0 aromatic carbocycles. The van der Waals surface area contributed by atoms with Gasteiger partial charge in [-0.2, -0.15) is 0 Å². The Labute approximate surface area is 123 Å². The van der Waals surface area contributed by atoms with Crippen molar-refractivity contribution < 1.29 is 4.79 Å². The average molecular weight is 301 g/mol. The van der Waals surface area contributed by atoms with Crippen molar-refractivity contribution in [2.24, 2.45) is 11.8 Å². The molecule has 1 N–H and O–H groups in total. The van der Waals surface area contributed by atoms with Gasteiger partial charge < -0.3 is 5.32 Å². The lowest BCUT2D eigenvalue weighted by Gasteiger charge is -2.21. The lowest BCUT2D eigenvalue weighted by atomic mass is 9.93. The molecule has 2 rings (SSSR count). The Balaban J connectivity index is 2.07.